The molecule has 0 aliphatic carbocycles. The minimum atomic E-state index is 0.512. The van der Waals surface area contributed by atoms with Crippen LogP contribution in [0.1, 0.15) is 46.5 Å². The van der Waals surface area contributed by atoms with Gasteiger partial charge in [-0.1, -0.05) is 33.6 Å². The molecule has 1 rings (SSSR count). The van der Waals surface area contributed by atoms with Crippen LogP contribution in [0, 0.1) is 11.3 Å². The van der Waals surface area contributed by atoms with Crippen molar-refractivity contribution < 1.29 is 4.74 Å². The predicted molar refractivity (Wildman–Crippen MR) is 65.1 cm³/mol. The van der Waals surface area contributed by atoms with E-state index in [2.05, 4.69) is 26.1 Å². The Bertz CT molecular complexity index is 160. The zero-order valence-corrected chi connectivity index (χ0v) is 10.6. The lowest BCUT2D eigenvalue weighted by Gasteiger charge is -2.43. The van der Waals surface area contributed by atoms with Crippen LogP contribution in [-0.2, 0) is 4.74 Å². The van der Waals surface area contributed by atoms with Crippen LogP contribution in [0.5, 0.6) is 0 Å². The maximum atomic E-state index is 5.52. The first-order chi connectivity index (χ1) is 7.29. The van der Waals surface area contributed by atoms with Gasteiger partial charge < -0.3 is 10.1 Å². The average Bonchev–Trinajstić information content (AvgIpc) is 2.29. The quantitative estimate of drug-likeness (QED) is 0.732. The van der Waals surface area contributed by atoms with E-state index in [9.17, 15) is 0 Å². The molecule has 1 saturated heterocycles. The maximum Gasteiger partial charge on any atom is 0.0471 e. The van der Waals surface area contributed by atoms with Crippen molar-refractivity contribution in [3.8, 4) is 0 Å². The van der Waals surface area contributed by atoms with E-state index in [0.29, 0.717) is 5.41 Å². The molecule has 0 atom stereocenters. The number of nitrogens with one attached hydrogen (secondary N) is 1. The Labute approximate surface area is 94.8 Å². The first kappa shape index (κ1) is 13.0. The Morgan fingerprint density at radius 1 is 1.13 bits per heavy atom. The van der Waals surface area contributed by atoms with Gasteiger partial charge in [0, 0.05) is 19.8 Å². The molecule has 1 aliphatic rings. The van der Waals surface area contributed by atoms with Crippen LogP contribution in [0.4, 0.5) is 0 Å². The molecule has 90 valence electrons. The molecular weight excluding hydrogens is 186 g/mol. The van der Waals surface area contributed by atoms with E-state index in [1.807, 2.05) is 0 Å². The van der Waals surface area contributed by atoms with Crippen LogP contribution in [0.25, 0.3) is 0 Å². The number of hydrogen-bond donors (Lipinski definition) is 1. The zero-order chi connectivity index (χ0) is 11.1. The van der Waals surface area contributed by atoms with Gasteiger partial charge in [-0.05, 0) is 30.7 Å². The Balaban J connectivity index is 2.64. The highest BCUT2D eigenvalue weighted by Crippen LogP contribution is 2.41. The molecule has 0 amide bonds. The smallest absolute Gasteiger partial charge is 0.0471 e. The Morgan fingerprint density at radius 3 is 2.20 bits per heavy atom. The Kier molecular flexibility index (Phi) is 5.62. The van der Waals surface area contributed by atoms with Crippen molar-refractivity contribution in [2.24, 2.45) is 11.3 Å². The maximum absolute atomic E-state index is 5.52. The molecule has 0 radical (unpaired) electrons. The topological polar surface area (TPSA) is 21.3 Å². The largest absolute Gasteiger partial charge is 0.381 e. The molecule has 0 saturated carbocycles. The van der Waals surface area contributed by atoms with Crippen molar-refractivity contribution in [2.75, 3.05) is 26.3 Å². The zero-order valence-electron chi connectivity index (χ0n) is 10.6. The average molecular weight is 213 g/mol. The van der Waals surface area contributed by atoms with Crippen molar-refractivity contribution in [3.63, 3.8) is 0 Å². The van der Waals surface area contributed by atoms with Gasteiger partial charge in [-0.25, -0.2) is 0 Å². The van der Waals surface area contributed by atoms with Crippen molar-refractivity contribution in [3.05, 3.63) is 0 Å². The fourth-order valence-corrected chi connectivity index (χ4v) is 3.04. The minimum Gasteiger partial charge on any atom is -0.381 e. The van der Waals surface area contributed by atoms with E-state index in [1.54, 1.807) is 0 Å². The summed E-state index contributed by atoms with van der Waals surface area (Å²) in [6, 6.07) is 0. The van der Waals surface area contributed by atoms with Crippen molar-refractivity contribution >= 4 is 0 Å². The van der Waals surface area contributed by atoms with Crippen molar-refractivity contribution in [1.29, 1.82) is 0 Å². The molecule has 1 fully saturated rings. The molecular formula is C13H27NO. The Hall–Kier alpha value is -0.0800. The van der Waals surface area contributed by atoms with Crippen LogP contribution >= 0.6 is 0 Å². The second-order valence-electron chi connectivity index (χ2n) is 4.77. The lowest BCUT2D eigenvalue weighted by molar-refractivity contribution is -0.0202. The first-order valence-corrected chi connectivity index (χ1v) is 6.57. The lowest BCUT2D eigenvalue weighted by Crippen LogP contribution is -2.44. The molecule has 0 bridgehead atoms. The molecule has 1 N–H and O–H groups in total. The predicted octanol–water partition coefficient (Wildman–Crippen LogP) is 2.83. The fourth-order valence-electron chi connectivity index (χ4n) is 3.04. The summed E-state index contributed by atoms with van der Waals surface area (Å²) in [6.45, 7) is 11.0. The number of rotatable bonds is 6. The molecule has 0 aromatic carbocycles. The highest BCUT2D eigenvalue weighted by Gasteiger charge is 2.37. The first-order valence-electron chi connectivity index (χ1n) is 6.57. The second-order valence-corrected chi connectivity index (χ2v) is 4.77. The third-order valence-electron chi connectivity index (χ3n) is 4.07. The van der Waals surface area contributed by atoms with E-state index in [-0.39, 0.29) is 0 Å². The lowest BCUT2D eigenvalue weighted by atomic mass is 9.67. The van der Waals surface area contributed by atoms with E-state index < -0.39 is 0 Å². The molecule has 15 heavy (non-hydrogen) atoms. The summed E-state index contributed by atoms with van der Waals surface area (Å²) in [7, 11) is 0. The molecule has 2 nitrogen and oxygen atoms in total. The van der Waals surface area contributed by atoms with Crippen LogP contribution in [0.3, 0.4) is 0 Å². The number of hydrogen-bond acceptors (Lipinski definition) is 2. The van der Waals surface area contributed by atoms with E-state index in [1.165, 1.54) is 32.2 Å². The summed E-state index contributed by atoms with van der Waals surface area (Å²) in [6.07, 6.45) is 5.10. The van der Waals surface area contributed by atoms with Crippen molar-refractivity contribution in [1.82, 2.24) is 5.32 Å². The molecule has 0 aromatic rings. The molecule has 1 aliphatic heterocycles. The molecule has 0 aromatic heterocycles. The summed E-state index contributed by atoms with van der Waals surface area (Å²) < 4.78 is 5.52. The van der Waals surface area contributed by atoms with Gasteiger partial charge in [0.15, 0.2) is 0 Å². The van der Waals surface area contributed by atoms with Gasteiger partial charge in [-0.3, -0.25) is 0 Å². The van der Waals surface area contributed by atoms with E-state index in [4.69, 9.17) is 4.74 Å². The van der Waals surface area contributed by atoms with Gasteiger partial charge in [0.2, 0.25) is 0 Å². The number of ether oxygens (including phenoxy) is 1. The van der Waals surface area contributed by atoms with Gasteiger partial charge in [-0.2, -0.15) is 0 Å². The fraction of sp³-hybridized carbons (Fsp3) is 1.00. The van der Waals surface area contributed by atoms with Crippen LogP contribution in [-0.4, -0.2) is 26.3 Å². The third kappa shape index (κ3) is 3.18. The SMILES string of the molecule is CCNCC1(C(CC)CC)CCOCC1. The van der Waals surface area contributed by atoms with Crippen LogP contribution in [0.2, 0.25) is 0 Å². The summed E-state index contributed by atoms with van der Waals surface area (Å²) >= 11 is 0. The molecule has 2 heteroatoms. The summed E-state index contributed by atoms with van der Waals surface area (Å²) in [4.78, 5) is 0. The van der Waals surface area contributed by atoms with Gasteiger partial charge in [0.05, 0.1) is 0 Å². The van der Waals surface area contributed by atoms with E-state index >= 15 is 0 Å². The van der Waals surface area contributed by atoms with Crippen molar-refractivity contribution in [2.45, 2.75) is 46.5 Å². The second kappa shape index (κ2) is 6.49. The van der Waals surface area contributed by atoms with Gasteiger partial charge >= 0.3 is 0 Å². The highest BCUT2D eigenvalue weighted by molar-refractivity contribution is 4.89. The molecule has 1 heterocycles. The Morgan fingerprint density at radius 2 is 1.73 bits per heavy atom. The summed E-state index contributed by atoms with van der Waals surface area (Å²) in [5.41, 5.74) is 0.512. The highest BCUT2D eigenvalue weighted by atomic mass is 16.5. The van der Waals surface area contributed by atoms with Gasteiger partial charge in [-0.15, -0.1) is 0 Å². The monoisotopic (exact) mass is 213 g/mol. The van der Waals surface area contributed by atoms with Crippen LogP contribution in [0.15, 0.2) is 0 Å². The summed E-state index contributed by atoms with van der Waals surface area (Å²) in [5.74, 6) is 0.862. The minimum absolute atomic E-state index is 0.512. The van der Waals surface area contributed by atoms with E-state index in [0.717, 1.165) is 25.7 Å². The summed E-state index contributed by atoms with van der Waals surface area (Å²) in [5, 5.41) is 3.55. The molecule has 0 spiro atoms. The van der Waals surface area contributed by atoms with Gasteiger partial charge in [0.1, 0.15) is 0 Å². The van der Waals surface area contributed by atoms with Crippen LogP contribution < -0.4 is 5.32 Å². The third-order valence-corrected chi connectivity index (χ3v) is 4.07. The standard InChI is InChI=1S/C13H27NO/c1-4-12(5-2)13(11-14-6-3)7-9-15-10-8-13/h12,14H,4-11H2,1-3H3. The van der Waals surface area contributed by atoms with Gasteiger partial charge in [0.25, 0.3) is 0 Å². The normalized spacial score (nSPS) is 20.8. The molecule has 0 unspecified atom stereocenters.